The summed E-state index contributed by atoms with van der Waals surface area (Å²) in [5.74, 6) is 2.36. The fourth-order valence-electron chi connectivity index (χ4n) is 5.10. The SMILES string of the molecule is CCCCN(Cc1ccc2c(c1)OCCO2)Cc1c(-c2ccc(F)cc2)nc(-c2ccccc2)n1CCCC. The minimum Gasteiger partial charge on any atom is -0.486 e. The fourth-order valence-corrected chi connectivity index (χ4v) is 5.10. The highest BCUT2D eigenvalue weighted by atomic mass is 19.1. The zero-order chi connectivity index (χ0) is 27.0. The first-order valence-corrected chi connectivity index (χ1v) is 14.2. The number of benzene rings is 3. The third-order valence-electron chi connectivity index (χ3n) is 7.17. The van der Waals surface area contributed by atoms with Gasteiger partial charge in [0.05, 0.1) is 11.4 Å². The summed E-state index contributed by atoms with van der Waals surface area (Å²) >= 11 is 0. The topological polar surface area (TPSA) is 39.5 Å². The summed E-state index contributed by atoms with van der Waals surface area (Å²) in [6.45, 7) is 9.00. The summed E-state index contributed by atoms with van der Waals surface area (Å²) in [6.07, 6.45) is 4.37. The predicted molar refractivity (Wildman–Crippen MR) is 154 cm³/mol. The molecule has 1 aliphatic heterocycles. The van der Waals surface area contributed by atoms with Gasteiger partial charge in [-0.15, -0.1) is 0 Å². The zero-order valence-electron chi connectivity index (χ0n) is 23.0. The van der Waals surface area contributed by atoms with Gasteiger partial charge in [-0.1, -0.05) is 63.1 Å². The van der Waals surface area contributed by atoms with Gasteiger partial charge in [-0.05, 0) is 61.3 Å². The minimum atomic E-state index is -0.239. The Labute approximate surface area is 231 Å². The molecular weight excluding hydrogens is 489 g/mol. The molecule has 1 aliphatic rings. The van der Waals surface area contributed by atoms with Gasteiger partial charge in [0.2, 0.25) is 0 Å². The van der Waals surface area contributed by atoms with Crippen molar-refractivity contribution >= 4 is 0 Å². The second kappa shape index (κ2) is 12.9. The van der Waals surface area contributed by atoms with E-state index in [0.29, 0.717) is 13.2 Å². The van der Waals surface area contributed by atoms with Crippen LogP contribution in [0.4, 0.5) is 4.39 Å². The Balaban J connectivity index is 1.55. The molecule has 0 saturated carbocycles. The van der Waals surface area contributed by atoms with Crippen molar-refractivity contribution in [1.29, 1.82) is 0 Å². The van der Waals surface area contributed by atoms with Crippen LogP contribution in [-0.2, 0) is 19.6 Å². The Morgan fingerprint density at radius 3 is 2.31 bits per heavy atom. The van der Waals surface area contributed by atoms with Crippen molar-refractivity contribution in [2.75, 3.05) is 19.8 Å². The van der Waals surface area contributed by atoms with Gasteiger partial charge in [0.1, 0.15) is 24.9 Å². The number of hydrogen-bond donors (Lipinski definition) is 0. The van der Waals surface area contributed by atoms with E-state index in [9.17, 15) is 4.39 Å². The second-order valence-electron chi connectivity index (χ2n) is 10.2. The van der Waals surface area contributed by atoms with Crippen molar-refractivity contribution in [2.45, 2.75) is 59.2 Å². The number of aromatic nitrogens is 2. The molecule has 6 heteroatoms. The monoisotopic (exact) mass is 527 g/mol. The first-order chi connectivity index (χ1) is 19.2. The van der Waals surface area contributed by atoms with Gasteiger partial charge in [0.25, 0.3) is 0 Å². The molecule has 0 bridgehead atoms. The van der Waals surface area contributed by atoms with E-state index >= 15 is 0 Å². The molecule has 39 heavy (non-hydrogen) atoms. The van der Waals surface area contributed by atoms with E-state index in [1.807, 2.05) is 24.3 Å². The molecule has 5 rings (SSSR count). The van der Waals surface area contributed by atoms with Crippen LogP contribution in [0.5, 0.6) is 11.5 Å². The Morgan fingerprint density at radius 1 is 0.821 bits per heavy atom. The van der Waals surface area contributed by atoms with E-state index in [2.05, 4.69) is 59.7 Å². The summed E-state index contributed by atoms with van der Waals surface area (Å²) in [7, 11) is 0. The normalized spacial score (nSPS) is 12.7. The molecule has 5 nitrogen and oxygen atoms in total. The lowest BCUT2D eigenvalue weighted by Crippen LogP contribution is -2.26. The Hall–Kier alpha value is -3.64. The maximum Gasteiger partial charge on any atom is 0.161 e. The predicted octanol–water partition coefficient (Wildman–Crippen LogP) is 7.73. The number of imidazole rings is 1. The number of ether oxygens (including phenoxy) is 2. The zero-order valence-corrected chi connectivity index (χ0v) is 23.0. The summed E-state index contributed by atoms with van der Waals surface area (Å²) in [5, 5.41) is 0. The molecule has 3 aromatic carbocycles. The van der Waals surface area contributed by atoms with Crippen LogP contribution >= 0.6 is 0 Å². The average Bonchev–Trinajstić information content (AvgIpc) is 3.33. The van der Waals surface area contributed by atoms with Crippen LogP contribution in [0.1, 0.15) is 50.8 Å². The van der Waals surface area contributed by atoms with E-state index in [0.717, 1.165) is 86.0 Å². The molecule has 2 heterocycles. The van der Waals surface area contributed by atoms with Crippen LogP contribution < -0.4 is 9.47 Å². The van der Waals surface area contributed by atoms with Crippen LogP contribution in [-0.4, -0.2) is 34.2 Å². The molecule has 1 aromatic heterocycles. The maximum atomic E-state index is 13.9. The molecule has 0 radical (unpaired) electrons. The number of rotatable bonds is 12. The minimum absolute atomic E-state index is 0.239. The van der Waals surface area contributed by atoms with E-state index in [1.54, 1.807) is 0 Å². The largest absolute Gasteiger partial charge is 0.486 e. The summed E-state index contributed by atoms with van der Waals surface area (Å²) < 4.78 is 27.9. The van der Waals surface area contributed by atoms with Crippen molar-refractivity contribution in [3.63, 3.8) is 0 Å². The van der Waals surface area contributed by atoms with Gasteiger partial charge in [-0.25, -0.2) is 9.37 Å². The molecular formula is C33H38FN3O2. The molecule has 0 spiro atoms. The number of unbranched alkanes of at least 4 members (excludes halogenated alkanes) is 2. The highest BCUT2D eigenvalue weighted by Gasteiger charge is 2.22. The lowest BCUT2D eigenvalue weighted by molar-refractivity contribution is 0.171. The lowest BCUT2D eigenvalue weighted by atomic mass is 10.1. The summed E-state index contributed by atoms with van der Waals surface area (Å²) in [6, 6.07) is 23.4. The highest BCUT2D eigenvalue weighted by Crippen LogP contribution is 2.33. The van der Waals surface area contributed by atoms with Crippen molar-refractivity contribution in [1.82, 2.24) is 14.5 Å². The number of fused-ring (bicyclic) bond motifs is 1. The average molecular weight is 528 g/mol. The van der Waals surface area contributed by atoms with Crippen LogP contribution in [0.2, 0.25) is 0 Å². The molecule has 0 atom stereocenters. The molecule has 0 N–H and O–H groups in total. The first kappa shape index (κ1) is 26.9. The molecule has 0 amide bonds. The Kier molecular flexibility index (Phi) is 8.94. The van der Waals surface area contributed by atoms with E-state index in [1.165, 1.54) is 23.4 Å². The van der Waals surface area contributed by atoms with Crippen molar-refractivity contribution < 1.29 is 13.9 Å². The summed E-state index contributed by atoms with van der Waals surface area (Å²) in [4.78, 5) is 7.70. The summed E-state index contributed by atoms with van der Waals surface area (Å²) in [5.41, 5.74) is 5.32. The molecule has 0 saturated heterocycles. The van der Waals surface area contributed by atoms with Crippen molar-refractivity contribution in [3.05, 3.63) is 89.9 Å². The van der Waals surface area contributed by atoms with Gasteiger partial charge in [0, 0.05) is 30.8 Å². The van der Waals surface area contributed by atoms with E-state index in [-0.39, 0.29) is 5.82 Å². The van der Waals surface area contributed by atoms with Gasteiger partial charge in [-0.2, -0.15) is 0 Å². The number of nitrogens with zero attached hydrogens (tertiary/aromatic N) is 3. The molecule has 0 fully saturated rings. The Morgan fingerprint density at radius 2 is 1.56 bits per heavy atom. The lowest BCUT2D eigenvalue weighted by Gasteiger charge is -2.25. The third kappa shape index (κ3) is 6.51. The van der Waals surface area contributed by atoms with Gasteiger partial charge in [-0.3, -0.25) is 4.90 Å². The fraction of sp³-hybridized carbons (Fsp3) is 0.364. The van der Waals surface area contributed by atoms with Gasteiger partial charge >= 0.3 is 0 Å². The number of halogens is 1. The van der Waals surface area contributed by atoms with E-state index < -0.39 is 0 Å². The van der Waals surface area contributed by atoms with Gasteiger partial charge in [0.15, 0.2) is 11.5 Å². The Bertz CT molecular complexity index is 1350. The highest BCUT2D eigenvalue weighted by molar-refractivity contribution is 5.68. The first-order valence-electron chi connectivity index (χ1n) is 14.2. The molecule has 0 unspecified atom stereocenters. The third-order valence-corrected chi connectivity index (χ3v) is 7.17. The smallest absolute Gasteiger partial charge is 0.161 e. The van der Waals surface area contributed by atoms with Gasteiger partial charge < -0.3 is 14.0 Å². The van der Waals surface area contributed by atoms with Crippen molar-refractivity contribution in [2.24, 2.45) is 0 Å². The quantitative estimate of drug-likeness (QED) is 0.189. The molecule has 0 aliphatic carbocycles. The number of hydrogen-bond acceptors (Lipinski definition) is 4. The van der Waals surface area contributed by atoms with E-state index in [4.69, 9.17) is 14.5 Å². The van der Waals surface area contributed by atoms with Crippen molar-refractivity contribution in [3.8, 4) is 34.1 Å². The van der Waals surface area contributed by atoms with Crippen LogP contribution in [0.25, 0.3) is 22.6 Å². The van der Waals surface area contributed by atoms with Crippen LogP contribution in [0.3, 0.4) is 0 Å². The molecule has 204 valence electrons. The molecule has 4 aromatic rings. The maximum absolute atomic E-state index is 13.9. The van der Waals surface area contributed by atoms with Crippen LogP contribution in [0.15, 0.2) is 72.8 Å². The second-order valence-corrected chi connectivity index (χ2v) is 10.2. The standard InChI is InChI=1S/C33H38FN3O2/c1-3-5-18-36(23-25-12-17-30-31(22-25)39-21-20-38-30)24-29-32(26-13-15-28(34)16-14-26)35-33(37(29)19-6-4-2)27-10-8-7-9-11-27/h7-17,22H,3-6,18-21,23-24H2,1-2H3. The van der Waals surface area contributed by atoms with Crippen LogP contribution in [0, 0.1) is 5.82 Å².